The van der Waals surface area contributed by atoms with Gasteiger partial charge in [-0.2, -0.15) is 12.6 Å². The van der Waals surface area contributed by atoms with Gasteiger partial charge in [0.05, 0.1) is 12.3 Å². The molecule has 3 aliphatic rings. The van der Waals surface area contributed by atoms with Gasteiger partial charge in [-0.3, -0.25) is 4.79 Å². The zero-order valence-corrected chi connectivity index (χ0v) is 23.4. The number of anilines is 1. The molecule has 1 aliphatic heterocycles. The molecule has 4 atom stereocenters. The third-order valence-corrected chi connectivity index (χ3v) is 9.67. The normalized spacial score (nSPS) is 25.6. The highest BCUT2D eigenvalue weighted by Crippen LogP contribution is 2.46. The Balaban J connectivity index is 1.42. The summed E-state index contributed by atoms with van der Waals surface area (Å²) in [5, 5.41) is 0.797. The Morgan fingerprint density at radius 2 is 2.08 bits per heavy atom. The molecule has 6 heteroatoms. The minimum atomic E-state index is -0.401. The molecule has 2 aliphatic carbocycles. The van der Waals surface area contributed by atoms with E-state index in [0.717, 1.165) is 67.4 Å². The Morgan fingerprint density at radius 1 is 1.24 bits per heavy atom. The van der Waals surface area contributed by atoms with Gasteiger partial charge in [0.25, 0.3) is 0 Å². The maximum absolute atomic E-state index is 12.1. The molecule has 198 valence electrons. The van der Waals surface area contributed by atoms with Gasteiger partial charge >= 0.3 is 0 Å². The van der Waals surface area contributed by atoms with Gasteiger partial charge in [-0.25, -0.2) is 0 Å². The van der Waals surface area contributed by atoms with Crippen molar-refractivity contribution in [1.29, 1.82) is 0 Å². The number of primary amides is 1. The van der Waals surface area contributed by atoms with Crippen molar-refractivity contribution in [3.05, 3.63) is 70.3 Å². The van der Waals surface area contributed by atoms with Crippen LogP contribution in [-0.4, -0.2) is 31.4 Å². The maximum atomic E-state index is 12.1. The number of aryl methyl sites for hydroxylation is 1. The lowest BCUT2D eigenvalue weighted by Gasteiger charge is -2.44. The molecule has 1 heterocycles. The fourth-order valence-electron chi connectivity index (χ4n) is 6.41. The molecule has 0 bridgehead atoms. The first kappa shape index (κ1) is 26.5. The van der Waals surface area contributed by atoms with Gasteiger partial charge in [-0.1, -0.05) is 36.7 Å². The van der Waals surface area contributed by atoms with Gasteiger partial charge in [0.1, 0.15) is 5.75 Å². The van der Waals surface area contributed by atoms with Crippen molar-refractivity contribution >= 4 is 35.8 Å². The molecule has 0 radical (unpaired) electrons. The van der Waals surface area contributed by atoms with E-state index >= 15 is 0 Å². The molecule has 5 rings (SSSR count). The number of halogens is 1. The summed E-state index contributed by atoms with van der Waals surface area (Å²) < 4.78 is 6.52. The number of ether oxygens (including phenoxy) is 1. The number of hydrogen-bond donors (Lipinski definition) is 2. The lowest BCUT2D eigenvalue weighted by Crippen LogP contribution is -2.48. The average Bonchev–Trinajstić information content (AvgIpc) is 3.03. The molecule has 2 aromatic carbocycles. The first-order valence-electron chi connectivity index (χ1n) is 13.7. The summed E-state index contributed by atoms with van der Waals surface area (Å²) in [4.78, 5) is 14.6. The Bertz CT molecular complexity index is 1170. The van der Waals surface area contributed by atoms with Crippen molar-refractivity contribution in [3.8, 4) is 5.75 Å². The van der Waals surface area contributed by atoms with E-state index in [1.54, 1.807) is 6.07 Å². The zero-order chi connectivity index (χ0) is 26.0. The number of nitrogens with two attached hydrogens (primary N) is 1. The lowest BCUT2D eigenvalue weighted by molar-refractivity contribution is 0.1000. The van der Waals surface area contributed by atoms with Crippen LogP contribution in [0.15, 0.2) is 48.6 Å². The van der Waals surface area contributed by atoms with Crippen molar-refractivity contribution in [3.63, 3.8) is 0 Å². The van der Waals surface area contributed by atoms with Crippen LogP contribution in [0.25, 0.3) is 0 Å². The van der Waals surface area contributed by atoms with Crippen LogP contribution in [0, 0.1) is 17.8 Å². The quantitative estimate of drug-likeness (QED) is 0.286. The van der Waals surface area contributed by atoms with Crippen LogP contribution in [0.4, 0.5) is 5.69 Å². The first-order chi connectivity index (χ1) is 17.9. The van der Waals surface area contributed by atoms with Gasteiger partial charge in [0.15, 0.2) is 0 Å². The number of hydrogen-bond acceptors (Lipinski definition) is 4. The molecule has 2 aromatic rings. The fraction of sp³-hybridized carbons (Fsp3) is 0.516. The van der Waals surface area contributed by atoms with E-state index in [0.29, 0.717) is 29.9 Å². The third kappa shape index (κ3) is 5.68. The molecule has 1 saturated carbocycles. The number of carbonyl (C=O) groups excluding carboxylic acids is 1. The van der Waals surface area contributed by atoms with E-state index < -0.39 is 5.91 Å². The van der Waals surface area contributed by atoms with E-state index in [1.165, 1.54) is 24.0 Å². The van der Waals surface area contributed by atoms with E-state index in [4.69, 9.17) is 22.1 Å². The number of fused-ring (bicyclic) bond motifs is 3. The smallest absolute Gasteiger partial charge is 0.248 e. The largest absolute Gasteiger partial charge is 0.490 e. The number of nitrogens with zero attached hydrogens (tertiary/aromatic N) is 1. The van der Waals surface area contributed by atoms with Crippen LogP contribution in [0.1, 0.15) is 66.9 Å². The molecular formula is C31H39ClN2O2S. The van der Waals surface area contributed by atoms with Crippen LogP contribution in [0.2, 0.25) is 5.02 Å². The average molecular weight is 539 g/mol. The number of rotatable bonds is 8. The zero-order valence-electron chi connectivity index (χ0n) is 21.8. The van der Waals surface area contributed by atoms with Gasteiger partial charge < -0.3 is 15.4 Å². The van der Waals surface area contributed by atoms with Gasteiger partial charge in [-0.15, -0.1) is 0 Å². The Kier molecular flexibility index (Phi) is 8.11. The second-order valence-electron chi connectivity index (χ2n) is 11.5. The molecular weight excluding hydrogens is 500 g/mol. The molecule has 0 aromatic heterocycles. The minimum Gasteiger partial charge on any atom is -0.490 e. The number of thiol groups is 1. The standard InChI is InChI=1S/C31H39ClN2O2S/c1-21(18-37)5-2-3-6-22-8-9-25(22)17-34-19-31(14-4-7-23-15-26(32)11-12-27(23)31)20-36-29-13-10-24(30(33)35)16-28(29)34/h2-3,10-13,15-16,21-22,25,37H,4-9,14,17-20H2,1H3,(H2,33,35)/b3-2+/t21-,22+,25-,31-/m0/s1. The van der Waals surface area contributed by atoms with Gasteiger partial charge in [-0.05, 0) is 110 Å². The van der Waals surface area contributed by atoms with Crippen molar-refractivity contribution in [1.82, 2.24) is 0 Å². The first-order valence-corrected chi connectivity index (χ1v) is 14.8. The van der Waals surface area contributed by atoms with E-state index in [1.807, 2.05) is 18.2 Å². The van der Waals surface area contributed by atoms with Crippen molar-refractivity contribution in [2.24, 2.45) is 23.5 Å². The highest BCUT2D eigenvalue weighted by atomic mass is 35.5. The van der Waals surface area contributed by atoms with Gasteiger partial charge in [0, 0.05) is 29.1 Å². The number of carbonyl (C=O) groups is 1. The number of amides is 1. The van der Waals surface area contributed by atoms with Crippen LogP contribution in [-0.2, 0) is 11.8 Å². The molecule has 2 N–H and O–H groups in total. The van der Waals surface area contributed by atoms with Crippen molar-refractivity contribution < 1.29 is 9.53 Å². The summed E-state index contributed by atoms with van der Waals surface area (Å²) in [6, 6.07) is 12.0. The molecule has 1 spiro atoms. The Morgan fingerprint density at radius 3 is 2.84 bits per heavy atom. The molecule has 0 unspecified atom stereocenters. The van der Waals surface area contributed by atoms with Crippen LogP contribution in [0.5, 0.6) is 5.75 Å². The summed E-state index contributed by atoms with van der Waals surface area (Å²) in [6.07, 6.45) is 12.7. The summed E-state index contributed by atoms with van der Waals surface area (Å²) in [6.45, 7) is 4.71. The van der Waals surface area contributed by atoms with E-state index in [2.05, 4.69) is 48.7 Å². The number of benzene rings is 2. The summed E-state index contributed by atoms with van der Waals surface area (Å²) in [7, 11) is 0. The SMILES string of the molecule is C[C@H](CS)C/C=C/C[C@@H]1CC[C@H]1CN1C[C@@]2(CCCc3cc(Cl)ccc32)COc2ccc(C(N)=O)cc21. The Hall–Kier alpha value is -2.11. The predicted molar refractivity (Wildman–Crippen MR) is 156 cm³/mol. The predicted octanol–water partition coefficient (Wildman–Crippen LogP) is 6.84. The van der Waals surface area contributed by atoms with Gasteiger partial charge in [0.2, 0.25) is 5.91 Å². The molecule has 37 heavy (non-hydrogen) atoms. The fourth-order valence-corrected chi connectivity index (χ4v) is 6.76. The second kappa shape index (κ2) is 11.3. The topological polar surface area (TPSA) is 55.6 Å². The van der Waals surface area contributed by atoms with Crippen LogP contribution < -0.4 is 15.4 Å². The minimum absolute atomic E-state index is 0.105. The van der Waals surface area contributed by atoms with Crippen LogP contribution in [0.3, 0.4) is 0 Å². The number of allylic oxidation sites excluding steroid dienone is 2. The highest BCUT2D eigenvalue weighted by molar-refractivity contribution is 7.80. The third-order valence-electron chi connectivity index (χ3n) is 8.81. The second-order valence-corrected chi connectivity index (χ2v) is 12.3. The van der Waals surface area contributed by atoms with Crippen molar-refractivity contribution in [2.75, 3.05) is 30.3 Å². The maximum Gasteiger partial charge on any atom is 0.248 e. The monoisotopic (exact) mass is 538 g/mol. The molecule has 0 saturated heterocycles. The van der Waals surface area contributed by atoms with E-state index in [9.17, 15) is 4.79 Å². The molecule has 1 amide bonds. The van der Waals surface area contributed by atoms with E-state index in [-0.39, 0.29) is 5.41 Å². The molecule has 4 nitrogen and oxygen atoms in total. The summed E-state index contributed by atoms with van der Waals surface area (Å²) in [5.74, 6) is 3.32. The molecule has 1 fully saturated rings. The lowest BCUT2D eigenvalue weighted by atomic mass is 9.69. The summed E-state index contributed by atoms with van der Waals surface area (Å²) in [5.41, 5.74) is 9.81. The summed E-state index contributed by atoms with van der Waals surface area (Å²) >= 11 is 10.8. The Labute approximate surface area is 232 Å². The van der Waals surface area contributed by atoms with Crippen molar-refractivity contribution in [2.45, 2.75) is 57.3 Å². The van der Waals surface area contributed by atoms with Crippen LogP contribution >= 0.6 is 24.2 Å². The highest BCUT2D eigenvalue weighted by Gasteiger charge is 2.43.